The van der Waals surface area contributed by atoms with E-state index < -0.39 is 0 Å². The zero-order valence-electron chi connectivity index (χ0n) is 11.1. The van der Waals surface area contributed by atoms with Gasteiger partial charge in [-0.15, -0.1) is 0 Å². The van der Waals surface area contributed by atoms with Crippen LogP contribution < -0.4 is 10.1 Å². The molecular formula is C16H15N3O. The number of ether oxygens (including phenoxy) is 1. The minimum Gasteiger partial charge on any atom is -0.497 e. The Morgan fingerprint density at radius 2 is 1.95 bits per heavy atom. The number of pyridine rings is 1. The van der Waals surface area contributed by atoms with Crippen LogP contribution in [0, 0.1) is 0 Å². The third kappa shape index (κ3) is 2.64. The molecule has 0 aliphatic rings. The Bertz CT molecular complexity index is 674. The normalized spacial score (nSPS) is 10.2. The maximum absolute atomic E-state index is 5.14. The molecule has 1 aromatic carbocycles. The molecule has 2 heterocycles. The number of rotatable bonds is 4. The quantitative estimate of drug-likeness (QED) is 0.753. The summed E-state index contributed by atoms with van der Waals surface area (Å²) < 4.78 is 5.14. The van der Waals surface area contributed by atoms with Gasteiger partial charge in [0.25, 0.3) is 0 Å². The summed E-state index contributed by atoms with van der Waals surface area (Å²) in [6.07, 6.45) is 3.73. The molecule has 0 spiro atoms. The van der Waals surface area contributed by atoms with E-state index >= 15 is 0 Å². The second-order valence-electron chi connectivity index (χ2n) is 4.37. The summed E-state index contributed by atoms with van der Waals surface area (Å²) in [5.41, 5.74) is 3.01. The van der Waals surface area contributed by atoms with Crippen molar-refractivity contribution in [1.82, 2.24) is 9.97 Å². The predicted octanol–water partition coefficient (Wildman–Crippen LogP) is 3.83. The van der Waals surface area contributed by atoms with Crippen LogP contribution in [-0.2, 0) is 0 Å². The van der Waals surface area contributed by atoms with Gasteiger partial charge in [0.15, 0.2) is 0 Å². The molecule has 0 atom stereocenters. The smallest absolute Gasteiger partial charge is 0.119 e. The minimum absolute atomic E-state index is 0.844. The first kappa shape index (κ1) is 12.3. The van der Waals surface area contributed by atoms with Crippen molar-refractivity contribution in [2.75, 3.05) is 12.4 Å². The SMILES string of the molecule is COc1ccc(Nc2cc(-c3ccccn3)c[nH]2)cc1. The van der Waals surface area contributed by atoms with Crippen molar-refractivity contribution in [3.05, 3.63) is 60.9 Å². The van der Waals surface area contributed by atoms with Crippen molar-refractivity contribution in [3.8, 4) is 17.0 Å². The molecule has 0 fully saturated rings. The van der Waals surface area contributed by atoms with Crippen LogP contribution in [0.2, 0.25) is 0 Å². The van der Waals surface area contributed by atoms with Crippen LogP contribution in [-0.4, -0.2) is 17.1 Å². The molecule has 4 heteroatoms. The van der Waals surface area contributed by atoms with Gasteiger partial charge in [0.05, 0.1) is 12.8 Å². The zero-order valence-corrected chi connectivity index (χ0v) is 11.1. The standard InChI is InChI=1S/C16H15N3O/c1-20-14-7-5-13(6-8-14)19-16-10-12(11-18-16)15-4-2-3-9-17-15/h2-11,18-19H,1H3. The number of benzene rings is 1. The summed E-state index contributed by atoms with van der Waals surface area (Å²) in [5.74, 6) is 1.77. The van der Waals surface area contributed by atoms with Crippen molar-refractivity contribution < 1.29 is 4.74 Å². The first-order valence-corrected chi connectivity index (χ1v) is 6.36. The van der Waals surface area contributed by atoms with E-state index in [4.69, 9.17) is 4.74 Å². The highest BCUT2D eigenvalue weighted by molar-refractivity contribution is 5.67. The van der Waals surface area contributed by atoms with Gasteiger partial charge in [-0.3, -0.25) is 4.98 Å². The summed E-state index contributed by atoms with van der Waals surface area (Å²) in [6, 6.07) is 15.7. The molecular weight excluding hydrogens is 250 g/mol. The number of H-pyrrole nitrogens is 1. The highest BCUT2D eigenvalue weighted by Crippen LogP contribution is 2.23. The zero-order chi connectivity index (χ0) is 13.8. The van der Waals surface area contributed by atoms with Gasteiger partial charge >= 0.3 is 0 Å². The molecule has 4 nitrogen and oxygen atoms in total. The highest BCUT2D eigenvalue weighted by atomic mass is 16.5. The number of aromatic amines is 1. The Balaban J connectivity index is 1.77. The van der Waals surface area contributed by atoms with Gasteiger partial charge in [-0.25, -0.2) is 0 Å². The fraction of sp³-hybridized carbons (Fsp3) is 0.0625. The molecule has 0 aliphatic carbocycles. The second-order valence-corrected chi connectivity index (χ2v) is 4.37. The molecule has 2 N–H and O–H groups in total. The summed E-state index contributed by atoms with van der Waals surface area (Å²) in [4.78, 5) is 7.53. The van der Waals surface area contributed by atoms with E-state index in [0.29, 0.717) is 0 Å². The van der Waals surface area contributed by atoms with Crippen LogP contribution >= 0.6 is 0 Å². The number of hydrogen-bond donors (Lipinski definition) is 2. The van der Waals surface area contributed by atoms with Crippen molar-refractivity contribution >= 4 is 11.5 Å². The third-order valence-corrected chi connectivity index (χ3v) is 3.01. The molecule has 0 bridgehead atoms. The Kier molecular flexibility index (Phi) is 3.37. The van der Waals surface area contributed by atoms with Crippen molar-refractivity contribution in [3.63, 3.8) is 0 Å². The van der Waals surface area contributed by atoms with Gasteiger partial charge in [0.1, 0.15) is 11.6 Å². The number of methoxy groups -OCH3 is 1. The van der Waals surface area contributed by atoms with Crippen LogP contribution in [0.3, 0.4) is 0 Å². The number of hydrogen-bond acceptors (Lipinski definition) is 3. The van der Waals surface area contributed by atoms with Gasteiger partial charge in [0.2, 0.25) is 0 Å². The fourth-order valence-electron chi connectivity index (χ4n) is 1.98. The maximum Gasteiger partial charge on any atom is 0.119 e. The fourth-order valence-corrected chi connectivity index (χ4v) is 1.98. The van der Waals surface area contributed by atoms with Crippen LogP contribution in [0.15, 0.2) is 60.9 Å². The largest absolute Gasteiger partial charge is 0.497 e. The number of aromatic nitrogens is 2. The number of anilines is 2. The Labute approximate surface area is 117 Å². The van der Waals surface area contributed by atoms with E-state index in [-0.39, 0.29) is 0 Å². The Morgan fingerprint density at radius 1 is 1.10 bits per heavy atom. The maximum atomic E-state index is 5.14. The lowest BCUT2D eigenvalue weighted by Gasteiger charge is -2.04. The molecule has 0 saturated heterocycles. The predicted molar refractivity (Wildman–Crippen MR) is 80.3 cm³/mol. The lowest BCUT2D eigenvalue weighted by atomic mass is 10.2. The topological polar surface area (TPSA) is 49.9 Å². The van der Waals surface area contributed by atoms with E-state index in [1.165, 1.54) is 0 Å². The van der Waals surface area contributed by atoms with E-state index in [2.05, 4.69) is 15.3 Å². The van der Waals surface area contributed by atoms with Crippen LogP contribution in [0.1, 0.15) is 0 Å². The van der Waals surface area contributed by atoms with Crippen LogP contribution in [0.4, 0.5) is 11.5 Å². The summed E-state index contributed by atoms with van der Waals surface area (Å²) >= 11 is 0. The van der Waals surface area contributed by atoms with E-state index in [1.54, 1.807) is 13.3 Å². The third-order valence-electron chi connectivity index (χ3n) is 3.01. The molecule has 100 valence electrons. The lowest BCUT2D eigenvalue weighted by Crippen LogP contribution is -1.90. The molecule has 0 radical (unpaired) electrons. The van der Waals surface area contributed by atoms with Gasteiger partial charge in [-0.05, 0) is 42.5 Å². The van der Waals surface area contributed by atoms with Crippen molar-refractivity contribution in [2.24, 2.45) is 0 Å². The van der Waals surface area contributed by atoms with E-state index in [1.807, 2.05) is 54.7 Å². The first-order valence-electron chi connectivity index (χ1n) is 6.36. The van der Waals surface area contributed by atoms with Gasteiger partial charge in [0, 0.05) is 23.6 Å². The second kappa shape index (κ2) is 5.48. The van der Waals surface area contributed by atoms with Gasteiger partial charge < -0.3 is 15.0 Å². The Morgan fingerprint density at radius 3 is 2.65 bits per heavy atom. The summed E-state index contributed by atoms with van der Waals surface area (Å²) in [6.45, 7) is 0. The molecule has 0 saturated carbocycles. The van der Waals surface area contributed by atoms with Crippen molar-refractivity contribution in [2.45, 2.75) is 0 Å². The number of nitrogens with zero attached hydrogens (tertiary/aromatic N) is 1. The number of nitrogens with one attached hydrogen (secondary N) is 2. The monoisotopic (exact) mass is 265 g/mol. The van der Waals surface area contributed by atoms with Gasteiger partial charge in [-0.2, -0.15) is 0 Å². The lowest BCUT2D eigenvalue weighted by molar-refractivity contribution is 0.415. The molecule has 20 heavy (non-hydrogen) atoms. The van der Waals surface area contributed by atoms with E-state index in [0.717, 1.165) is 28.5 Å². The average Bonchev–Trinajstić information content (AvgIpc) is 2.97. The first-order chi connectivity index (χ1) is 9.85. The van der Waals surface area contributed by atoms with Crippen LogP contribution in [0.25, 0.3) is 11.3 Å². The van der Waals surface area contributed by atoms with Crippen molar-refractivity contribution in [1.29, 1.82) is 0 Å². The summed E-state index contributed by atoms with van der Waals surface area (Å²) in [7, 11) is 1.66. The summed E-state index contributed by atoms with van der Waals surface area (Å²) in [5, 5.41) is 3.31. The average molecular weight is 265 g/mol. The minimum atomic E-state index is 0.844. The Hall–Kier alpha value is -2.75. The van der Waals surface area contributed by atoms with Crippen LogP contribution in [0.5, 0.6) is 5.75 Å². The van der Waals surface area contributed by atoms with E-state index in [9.17, 15) is 0 Å². The molecule has 0 amide bonds. The highest BCUT2D eigenvalue weighted by Gasteiger charge is 2.03. The molecule has 2 aromatic heterocycles. The molecule has 3 aromatic rings. The molecule has 0 aliphatic heterocycles. The molecule has 0 unspecified atom stereocenters. The van der Waals surface area contributed by atoms with Gasteiger partial charge in [-0.1, -0.05) is 6.07 Å². The molecule has 3 rings (SSSR count).